The third kappa shape index (κ3) is 6.75. The molecule has 0 heterocycles. The zero-order chi connectivity index (χ0) is 20.4. The van der Waals surface area contributed by atoms with Crippen molar-refractivity contribution < 1.29 is 24.2 Å². The molecule has 0 spiro atoms. The van der Waals surface area contributed by atoms with Crippen molar-refractivity contribution in [2.75, 3.05) is 13.7 Å². The number of methoxy groups -OCH3 is 1. The summed E-state index contributed by atoms with van der Waals surface area (Å²) in [6, 6.07) is 13.1. The van der Waals surface area contributed by atoms with Crippen molar-refractivity contribution >= 4 is 30.1 Å². The minimum Gasteiger partial charge on any atom is -0.497 e. The van der Waals surface area contributed by atoms with Gasteiger partial charge in [-0.05, 0) is 41.5 Å². The number of hydrazone groups is 1. The number of ether oxygens (including phenoxy) is 1. The number of carboxylic acids is 1. The Balaban J connectivity index is 1.74. The molecule has 8 heteroatoms. The van der Waals surface area contributed by atoms with E-state index in [9.17, 15) is 14.4 Å². The van der Waals surface area contributed by atoms with E-state index in [1.165, 1.54) is 24.4 Å². The van der Waals surface area contributed by atoms with Gasteiger partial charge in [-0.25, -0.2) is 10.2 Å². The van der Waals surface area contributed by atoms with Crippen LogP contribution in [0.3, 0.4) is 0 Å². The van der Waals surface area contributed by atoms with E-state index in [-0.39, 0.29) is 12.1 Å². The standard InChI is InChI=1S/C20H19N3O5/c1-28-17-9-4-14(5-10-17)6-11-18(24)21-13-19(25)23-22-12-15-2-7-16(8-3-15)20(26)27/h2-12H,13H2,1H3,(H,21,24)(H,23,25)(H,26,27)/b11-6+,22-12+. The maximum atomic E-state index is 11.7. The molecule has 0 atom stereocenters. The number of nitrogens with one attached hydrogen (secondary N) is 2. The first-order valence-electron chi connectivity index (χ1n) is 8.23. The molecule has 0 fully saturated rings. The summed E-state index contributed by atoms with van der Waals surface area (Å²) >= 11 is 0. The second-order valence-corrected chi connectivity index (χ2v) is 5.54. The Morgan fingerprint density at radius 3 is 2.29 bits per heavy atom. The number of nitrogens with zero attached hydrogens (tertiary/aromatic N) is 1. The van der Waals surface area contributed by atoms with E-state index in [2.05, 4.69) is 15.8 Å². The van der Waals surface area contributed by atoms with Gasteiger partial charge in [-0.15, -0.1) is 0 Å². The van der Waals surface area contributed by atoms with Gasteiger partial charge in [0.2, 0.25) is 5.91 Å². The van der Waals surface area contributed by atoms with Crippen LogP contribution in [-0.2, 0) is 9.59 Å². The highest BCUT2D eigenvalue weighted by Gasteiger charge is 2.03. The molecule has 2 amide bonds. The largest absolute Gasteiger partial charge is 0.497 e. The number of carboxylic acid groups (broad SMARTS) is 1. The highest BCUT2D eigenvalue weighted by atomic mass is 16.5. The molecule has 0 unspecified atom stereocenters. The second kappa shape index (κ2) is 10.3. The van der Waals surface area contributed by atoms with Gasteiger partial charge in [0.25, 0.3) is 5.91 Å². The van der Waals surface area contributed by atoms with Gasteiger partial charge in [0, 0.05) is 6.08 Å². The summed E-state index contributed by atoms with van der Waals surface area (Å²) in [5, 5.41) is 15.0. The van der Waals surface area contributed by atoms with E-state index in [0.29, 0.717) is 5.56 Å². The van der Waals surface area contributed by atoms with E-state index in [1.54, 1.807) is 49.6 Å². The van der Waals surface area contributed by atoms with Crippen LogP contribution in [0.15, 0.2) is 59.7 Å². The molecule has 0 aromatic heterocycles. The zero-order valence-electron chi connectivity index (χ0n) is 15.1. The Labute approximate surface area is 161 Å². The minimum absolute atomic E-state index is 0.159. The van der Waals surface area contributed by atoms with Crippen LogP contribution in [-0.4, -0.2) is 42.8 Å². The molecule has 8 nitrogen and oxygen atoms in total. The van der Waals surface area contributed by atoms with Gasteiger partial charge in [0.05, 0.1) is 25.4 Å². The van der Waals surface area contributed by atoms with E-state index in [4.69, 9.17) is 9.84 Å². The lowest BCUT2D eigenvalue weighted by atomic mass is 10.1. The number of carbonyl (C=O) groups excluding carboxylic acids is 2. The minimum atomic E-state index is -1.02. The number of benzene rings is 2. The number of rotatable bonds is 8. The normalized spacial score (nSPS) is 10.8. The van der Waals surface area contributed by atoms with Crippen molar-refractivity contribution in [2.24, 2.45) is 5.10 Å². The summed E-state index contributed by atoms with van der Waals surface area (Å²) in [4.78, 5) is 34.2. The summed E-state index contributed by atoms with van der Waals surface area (Å²) in [5.41, 5.74) is 3.87. The molecule has 0 bridgehead atoms. The fourth-order valence-electron chi connectivity index (χ4n) is 2.04. The van der Waals surface area contributed by atoms with Crippen LogP contribution in [0.25, 0.3) is 6.08 Å². The number of aromatic carboxylic acids is 1. The maximum Gasteiger partial charge on any atom is 0.335 e. The molecule has 0 aliphatic carbocycles. The predicted molar refractivity (Wildman–Crippen MR) is 104 cm³/mol. The monoisotopic (exact) mass is 381 g/mol. The average molecular weight is 381 g/mol. The van der Waals surface area contributed by atoms with Gasteiger partial charge >= 0.3 is 5.97 Å². The SMILES string of the molecule is COc1ccc(/C=C/C(=O)NCC(=O)N/N=C/c2ccc(C(=O)O)cc2)cc1. The molecule has 2 aromatic rings. The molecule has 3 N–H and O–H groups in total. The molecular formula is C20H19N3O5. The first kappa shape index (κ1) is 20.4. The number of hydrogen-bond donors (Lipinski definition) is 3. The Hall–Kier alpha value is -3.94. The van der Waals surface area contributed by atoms with Crippen molar-refractivity contribution in [3.8, 4) is 5.75 Å². The molecular weight excluding hydrogens is 362 g/mol. The van der Waals surface area contributed by atoms with Crippen LogP contribution < -0.4 is 15.5 Å². The fourth-order valence-corrected chi connectivity index (χ4v) is 2.04. The summed E-state index contributed by atoms with van der Waals surface area (Å²) in [7, 11) is 1.57. The fraction of sp³-hybridized carbons (Fsp3) is 0.100. The van der Waals surface area contributed by atoms with Gasteiger partial charge in [-0.3, -0.25) is 9.59 Å². The summed E-state index contributed by atoms with van der Waals surface area (Å²) in [6.07, 6.45) is 4.31. The molecule has 28 heavy (non-hydrogen) atoms. The Kier molecular flexibility index (Phi) is 7.47. The van der Waals surface area contributed by atoms with Crippen LogP contribution in [0.5, 0.6) is 5.75 Å². The van der Waals surface area contributed by atoms with Gasteiger partial charge in [0.1, 0.15) is 5.75 Å². The molecule has 0 saturated heterocycles. The summed E-state index contributed by atoms with van der Waals surface area (Å²) in [6.45, 7) is -0.235. The van der Waals surface area contributed by atoms with Crippen LogP contribution in [0, 0.1) is 0 Å². The predicted octanol–water partition coefficient (Wildman–Crippen LogP) is 1.67. The first-order valence-corrected chi connectivity index (χ1v) is 8.23. The summed E-state index contributed by atoms with van der Waals surface area (Å²) < 4.78 is 5.05. The maximum absolute atomic E-state index is 11.7. The Morgan fingerprint density at radius 1 is 1.04 bits per heavy atom. The highest BCUT2D eigenvalue weighted by molar-refractivity contribution is 5.94. The third-order valence-electron chi connectivity index (χ3n) is 3.53. The third-order valence-corrected chi connectivity index (χ3v) is 3.53. The lowest BCUT2D eigenvalue weighted by Crippen LogP contribution is -2.34. The number of amides is 2. The second-order valence-electron chi connectivity index (χ2n) is 5.54. The van der Waals surface area contributed by atoms with Gasteiger partial charge in [-0.1, -0.05) is 24.3 Å². The first-order chi connectivity index (χ1) is 13.5. The average Bonchev–Trinajstić information content (AvgIpc) is 2.71. The summed E-state index contributed by atoms with van der Waals surface area (Å²) in [5.74, 6) is -1.21. The Bertz CT molecular complexity index is 887. The molecule has 0 aliphatic rings. The molecule has 0 aliphatic heterocycles. The quantitative estimate of drug-likeness (QED) is 0.365. The van der Waals surface area contributed by atoms with Crippen LogP contribution >= 0.6 is 0 Å². The lowest BCUT2D eigenvalue weighted by Gasteiger charge is -2.01. The van der Waals surface area contributed by atoms with E-state index < -0.39 is 17.8 Å². The van der Waals surface area contributed by atoms with Crippen molar-refractivity contribution in [1.82, 2.24) is 10.7 Å². The van der Waals surface area contributed by atoms with Crippen molar-refractivity contribution in [1.29, 1.82) is 0 Å². The zero-order valence-corrected chi connectivity index (χ0v) is 15.1. The van der Waals surface area contributed by atoms with Crippen LogP contribution in [0.1, 0.15) is 21.5 Å². The lowest BCUT2D eigenvalue weighted by molar-refractivity contribution is -0.123. The van der Waals surface area contributed by atoms with Crippen molar-refractivity contribution in [3.63, 3.8) is 0 Å². The van der Waals surface area contributed by atoms with Gasteiger partial charge in [0.15, 0.2) is 0 Å². The molecule has 0 radical (unpaired) electrons. The topological polar surface area (TPSA) is 117 Å². The Morgan fingerprint density at radius 2 is 1.68 bits per heavy atom. The van der Waals surface area contributed by atoms with E-state index in [0.717, 1.165) is 11.3 Å². The van der Waals surface area contributed by atoms with Crippen LogP contribution in [0.4, 0.5) is 0 Å². The van der Waals surface area contributed by atoms with E-state index >= 15 is 0 Å². The van der Waals surface area contributed by atoms with E-state index in [1.807, 2.05) is 0 Å². The number of hydrogen-bond acceptors (Lipinski definition) is 5. The molecule has 0 saturated carbocycles. The van der Waals surface area contributed by atoms with Crippen molar-refractivity contribution in [3.05, 3.63) is 71.3 Å². The van der Waals surface area contributed by atoms with Crippen LogP contribution in [0.2, 0.25) is 0 Å². The molecule has 2 rings (SSSR count). The highest BCUT2D eigenvalue weighted by Crippen LogP contribution is 2.12. The smallest absolute Gasteiger partial charge is 0.335 e. The number of carbonyl (C=O) groups is 3. The van der Waals surface area contributed by atoms with Crippen molar-refractivity contribution in [2.45, 2.75) is 0 Å². The molecule has 144 valence electrons. The molecule has 2 aromatic carbocycles. The van der Waals surface area contributed by atoms with Gasteiger partial charge < -0.3 is 15.2 Å². The van der Waals surface area contributed by atoms with Gasteiger partial charge in [-0.2, -0.15) is 5.10 Å².